The molecule has 2 aromatic heterocycles. The lowest BCUT2D eigenvalue weighted by Crippen LogP contribution is -2.01. The molecule has 0 bridgehead atoms. The summed E-state index contributed by atoms with van der Waals surface area (Å²) in [7, 11) is 5.22. The fourth-order valence-corrected chi connectivity index (χ4v) is 3.89. The molecule has 0 saturated heterocycles. The molecule has 29 heavy (non-hydrogen) atoms. The highest BCUT2D eigenvalue weighted by molar-refractivity contribution is 7.98. The average molecular weight is 407 g/mol. The summed E-state index contributed by atoms with van der Waals surface area (Å²) in [5.74, 6) is 3.01. The summed E-state index contributed by atoms with van der Waals surface area (Å²) in [6.45, 7) is 0. The van der Waals surface area contributed by atoms with E-state index in [0.717, 1.165) is 45.0 Å². The molecular formula is C21H21N5O2S. The van der Waals surface area contributed by atoms with Crippen molar-refractivity contribution in [2.24, 2.45) is 7.05 Å². The van der Waals surface area contributed by atoms with Gasteiger partial charge in [-0.15, -0.1) is 10.2 Å². The molecule has 148 valence electrons. The molecule has 0 radical (unpaired) electrons. The molecule has 0 atom stereocenters. The van der Waals surface area contributed by atoms with Crippen LogP contribution in [0, 0.1) is 0 Å². The first-order valence-corrected chi connectivity index (χ1v) is 10.0. The summed E-state index contributed by atoms with van der Waals surface area (Å²) in [6, 6.07) is 15.7. The maximum atomic E-state index is 5.55. The van der Waals surface area contributed by atoms with Crippen LogP contribution in [0.2, 0.25) is 0 Å². The van der Waals surface area contributed by atoms with Gasteiger partial charge in [0.1, 0.15) is 11.5 Å². The zero-order valence-electron chi connectivity index (χ0n) is 16.4. The monoisotopic (exact) mass is 407 g/mol. The van der Waals surface area contributed by atoms with Crippen molar-refractivity contribution in [2.45, 2.75) is 10.9 Å². The van der Waals surface area contributed by atoms with Gasteiger partial charge in [0, 0.05) is 24.6 Å². The molecule has 2 aromatic carbocycles. The zero-order chi connectivity index (χ0) is 20.2. The molecular weight excluding hydrogens is 386 g/mol. The van der Waals surface area contributed by atoms with Gasteiger partial charge >= 0.3 is 0 Å². The van der Waals surface area contributed by atoms with Crippen molar-refractivity contribution >= 4 is 11.8 Å². The van der Waals surface area contributed by atoms with Crippen LogP contribution in [0.15, 0.2) is 66.1 Å². The molecule has 0 fully saturated rings. The van der Waals surface area contributed by atoms with Gasteiger partial charge in [0.2, 0.25) is 0 Å². The Hall–Kier alpha value is -3.26. The summed E-state index contributed by atoms with van der Waals surface area (Å²) >= 11 is 1.61. The molecule has 0 saturated carbocycles. The number of methoxy groups -OCH3 is 2. The summed E-state index contributed by atoms with van der Waals surface area (Å²) in [5.41, 5.74) is 2.96. The van der Waals surface area contributed by atoms with Crippen LogP contribution in [0.1, 0.15) is 5.56 Å². The van der Waals surface area contributed by atoms with Crippen molar-refractivity contribution in [1.29, 1.82) is 0 Å². The fourth-order valence-electron chi connectivity index (χ4n) is 3.03. The second-order valence-electron chi connectivity index (χ2n) is 6.35. The minimum Gasteiger partial charge on any atom is -0.497 e. The minimum atomic E-state index is 0.723. The first kappa shape index (κ1) is 19.1. The number of hydrogen-bond acceptors (Lipinski definition) is 6. The van der Waals surface area contributed by atoms with Gasteiger partial charge in [0.25, 0.3) is 0 Å². The number of aryl methyl sites for hydroxylation is 1. The number of aromatic nitrogens is 5. The van der Waals surface area contributed by atoms with Gasteiger partial charge < -0.3 is 9.47 Å². The van der Waals surface area contributed by atoms with Crippen LogP contribution in [0.4, 0.5) is 0 Å². The predicted molar refractivity (Wildman–Crippen MR) is 113 cm³/mol. The zero-order valence-corrected chi connectivity index (χ0v) is 17.3. The smallest absolute Gasteiger partial charge is 0.196 e. The van der Waals surface area contributed by atoms with Gasteiger partial charge in [0.05, 0.1) is 31.7 Å². The molecule has 0 aliphatic rings. The van der Waals surface area contributed by atoms with Gasteiger partial charge in [-0.05, 0) is 36.4 Å². The van der Waals surface area contributed by atoms with Crippen molar-refractivity contribution in [1.82, 2.24) is 24.5 Å². The normalized spacial score (nSPS) is 10.9. The minimum absolute atomic E-state index is 0.723. The fraction of sp³-hybridized carbons (Fsp3) is 0.190. The van der Waals surface area contributed by atoms with E-state index in [2.05, 4.69) is 15.3 Å². The number of para-hydroxylation sites is 1. The highest BCUT2D eigenvalue weighted by Crippen LogP contribution is 2.34. The predicted octanol–water partition coefficient (Wildman–Crippen LogP) is 3.98. The number of thioether (sulfide) groups is 1. The summed E-state index contributed by atoms with van der Waals surface area (Å²) in [4.78, 5) is 0. The average Bonchev–Trinajstić information content (AvgIpc) is 3.38. The third-order valence-corrected chi connectivity index (χ3v) is 5.44. The van der Waals surface area contributed by atoms with E-state index < -0.39 is 0 Å². The third kappa shape index (κ3) is 3.97. The van der Waals surface area contributed by atoms with Gasteiger partial charge in [-0.3, -0.25) is 9.25 Å². The van der Waals surface area contributed by atoms with E-state index in [1.807, 2.05) is 72.5 Å². The summed E-state index contributed by atoms with van der Waals surface area (Å²) in [5, 5.41) is 14.0. The Morgan fingerprint density at radius 2 is 1.76 bits per heavy atom. The van der Waals surface area contributed by atoms with Crippen molar-refractivity contribution in [3.05, 3.63) is 66.5 Å². The van der Waals surface area contributed by atoms with E-state index in [4.69, 9.17) is 9.47 Å². The maximum Gasteiger partial charge on any atom is 0.196 e. The Morgan fingerprint density at radius 1 is 0.966 bits per heavy atom. The van der Waals surface area contributed by atoms with E-state index in [9.17, 15) is 0 Å². The lowest BCUT2D eigenvalue weighted by Gasteiger charge is -2.12. The molecule has 0 aliphatic heterocycles. The number of hydrogen-bond donors (Lipinski definition) is 0. The maximum absolute atomic E-state index is 5.55. The van der Waals surface area contributed by atoms with Crippen molar-refractivity contribution in [3.8, 4) is 28.6 Å². The van der Waals surface area contributed by atoms with Gasteiger partial charge in [-0.25, -0.2) is 0 Å². The van der Waals surface area contributed by atoms with E-state index in [1.54, 1.807) is 30.7 Å². The standard InChI is InChI=1S/C21H21N5O2S/c1-25-13-15(12-22-25)14-29-21-24-23-20(18-6-4-5-7-19(18)28-3)26(21)16-8-10-17(27-2)11-9-16/h4-13H,14H2,1-3H3. The largest absolute Gasteiger partial charge is 0.497 e. The second-order valence-corrected chi connectivity index (χ2v) is 7.29. The lowest BCUT2D eigenvalue weighted by molar-refractivity contribution is 0.414. The lowest BCUT2D eigenvalue weighted by atomic mass is 10.2. The van der Waals surface area contributed by atoms with Gasteiger partial charge in [0.15, 0.2) is 11.0 Å². The molecule has 0 spiro atoms. The van der Waals surface area contributed by atoms with E-state index in [-0.39, 0.29) is 0 Å². The van der Waals surface area contributed by atoms with Crippen LogP contribution < -0.4 is 9.47 Å². The molecule has 7 nitrogen and oxygen atoms in total. The van der Waals surface area contributed by atoms with Crippen LogP contribution >= 0.6 is 11.8 Å². The molecule has 0 N–H and O–H groups in total. The van der Waals surface area contributed by atoms with Crippen LogP contribution in [0.3, 0.4) is 0 Å². The summed E-state index contributed by atoms with van der Waals surface area (Å²) < 4.78 is 14.7. The topological polar surface area (TPSA) is 67.0 Å². The number of ether oxygens (including phenoxy) is 2. The molecule has 0 amide bonds. The van der Waals surface area contributed by atoms with Crippen molar-refractivity contribution in [3.63, 3.8) is 0 Å². The Morgan fingerprint density at radius 3 is 2.45 bits per heavy atom. The van der Waals surface area contributed by atoms with E-state index >= 15 is 0 Å². The Bertz CT molecular complexity index is 1100. The van der Waals surface area contributed by atoms with E-state index in [1.165, 1.54) is 0 Å². The Labute approximate surface area is 173 Å². The van der Waals surface area contributed by atoms with Crippen LogP contribution in [-0.4, -0.2) is 38.8 Å². The van der Waals surface area contributed by atoms with Crippen LogP contribution in [0.5, 0.6) is 11.5 Å². The van der Waals surface area contributed by atoms with Crippen LogP contribution in [0.25, 0.3) is 17.1 Å². The molecule has 0 aliphatic carbocycles. The van der Waals surface area contributed by atoms with E-state index in [0.29, 0.717) is 0 Å². The van der Waals surface area contributed by atoms with Gasteiger partial charge in [-0.2, -0.15) is 5.10 Å². The van der Waals surface area contributed by atoms with Gasteiger partial charge in [-0.1, -0.05) is 23.9 Å². The first-order chi connectivity index (χ1) is 14.2. The highest BCUT2D eigenvalue weighted by Gasteiger charge is 2.19. The molecule has 4 aromatic rings. The molecule has 2 heterocycles. The number of rotatable bonds is 7. The van der Waals surface area contributed by atoms with Crippen molar-refractivity contribution < 1.29 is 9.47 Å². The number of benzene rings is 2. The Kier molecular flexibility index (Phi) is 5.53. The second kappa shape index (κ2) is 8.40. The number of nitrogens with zero attached hydrogens (tertiary/aromatic N) is 5. The quantitative estimate of drug-likeness (QED) is 0.432. The summed E-state index contributed by atoms with van der Waals surface area (Å²) in [6.07, 6.45) is 3.87. The molecule has 0 unspecified atom stereocenters. The van der Waals surface area contributed by atoms with Crippen LogP contribution in [-0.2, 0) is 12.8 Å². The molecule has 8 heteroatoms. The molecule has 4 rings (SSSR count). The first-order valence-electron chi connectivity index (χ1n) is 9.03. The SMILES string of the molecule is COc1ccc(-n2c(SCc3cnn(C)c3)nnc2-c2ccccc2OC)cc1. The third-order valence-electron chi connectivity index (χ3n) is 4.44. The van der Waals surface area contributed by atoms with Crippen molar-refractivity contribution in [2.75, 3.05) is 14.2 Å². The Balaban J connectivity index is 1.77. The highest BCUT2D eigenvalue weighted by atomic mass is 32.2.